The number of aromatic hydroxyl groups is 1. The quantitative estimate of drug-likeness (QED) is 0.273. The summed E-state index contributed by atoms with van der Waals surface area (Å²) < 4.78 is 7.82. The minimum atomic E-state index is -0.831. The molecule has 3 amide bonds. The molecule has 1 aromatic rings. The van der Waals surface area contributed by atoms with Gasteiger partial charge in [0.1, 0.15) is 16.9 Å². The van der Waals surface area contributed by atoms with Crippen LogP contribution >= 0.6 is 0 Å². The monoisotopic (exact) mass is 556 g/mol. The van der Waals surface area contributed by atoms with Crippen molar-refractivity contribution in [1.29, 1.82) is 5.41 Å². The van der Waals surface area contributed by atoms with Gasteiger partial charge in [-0.1, -0.05) is 19.8 Å². The van der Waals surface area contributed by atoms with E-state index < -0.39 is 28.5 Å². The van der Waals surface area contributed by atoms with Crippen LogP contribution in [0.25, 0.3) is 0 Å². The number of aromatic nitrogens is 2. The molecule has 3 saturated carbocycles. The summed E-state index contributed by atoms with van der Waals surface area (Å²) in [4.78, 5) is 56.4. The van der Waals surface area contributed by atoms with Crippen LogP contribution in [0.3, 0.4) is 0 Å². The number of carbonyl (C=O) groups is 2. The highest BCUT2D eigenvalue weighted by atomic mass is 16.5. The number of nitrogen functional groups attached to an aromatic ring is 1. The molecule has 0 unspecified atom stereocenters. The molecule has 3 heterocycles. The van der Waals surface area contributed by atoms with Crippen LogP contribution in [0.4, 0.5) is 4.79 Å². The number of nitrogens with one attached hydrogen (secondary N) is 1. The fourth-order valence-electron chi connectivity index (χ4n) is 8.21. The topological polar surface area (TPSA) is 164 Å². The van der Waals surface area contributed by atoms with Crippen LogP contribution in [0.1, 0.15) is 82.7 Å². The Kier molecular flexibility index (Phi) is 6.21. The number of likely N-dealkylation sites (N-methyl/N-ethyl adjacent to an activating group) is 1. The molecule has 2 spiro atoms. The molecule has 4 N–H and O–H groups in total. The van der Waals surface area contributed by atoms with Gasteiger partial charge in [0.2, 0.25) is 5.88 Å². The minimum absolute atomic E-state index is 0.139. The van der Waals surface area contributed by atoms with E-state index in [0.29, 0.717) is 64.8 Å². The van der Waals surface area contributed by atoms with Gasteiger partial charge in [0.25, 0.3) is 11.5 Å². The Morgan fingerprint density at radius 2 is 1.70 bits per heavy atom. The Bertz CT molecular complexity index is 1370. The third-order valence-corrected chi connectivity index (χ3v) is 10.4. The van der Waals surface area contributed by atoms with E-state index in [0.717, 1.165) is 25.7 Å². The highest BCUT2D eigenvalue weighted by molar-refractivity contribution is 6.07. The zero-order valence-corrected chi connectivity index (χ0v) is 23.4. The third-order valence-electron chi connectivity index (χ3n) is 10.4. The number of imide groups is 1. The maximum atomic E-state index is 13.6. The van der Waals surface area contributed by atoms with Gasteiger partial charge in [-0.25, -0.2) is 9.59 Å². The SMILES string of the molecule is CN1C(=O)N(CC2(C)COC2)C2(CC3(CCC(n4c(=O)c(C(=N)N)c(O)n(CC5CCCC5)c4=O)CC3)C2)C1=O. The molecule has 1 aromatic heterocycles. The molecule has 5 fully saturated rings. The molecular weight excluding hydrogens is 516 g/mol. The van der Waals surface area contributed by atoms with Crippen LogP contribution in [0.5, 0.6) is 5.88 Å². The first-order chi connectivity index (χ1) is 18.9. The lowest BCUT2D eigenvalue weighted by Gasteiger charge is -2.59. The molecule has 5 aliphatic rings. The number of amidine groups is 1. The maximum Gasteiger partial charge on any atom is 0.334 e. The third kappa shape index (κ3) is 3.93. The predicted molar refractivity (Wildman–Crippen MR) is 145 cm³/mol. The summed E-state index contributed by atoms with van der Waals surface area (Å²) in [5.74, 6) is -0.983. The molecule has 40 heavy (non-hydrogen) atoms. The van der Waals surface area contributed by atoms with E-state index in [9.17, 15) is 24.3 Å². The van der Waals surface area contributed by atoms with Gasteiger partial charge in [-0.05, 0) is 62.7 Å². The predicted octanol–water partition coefficient (Wildman–Crippen LogP) is 1.75. The number of hydrogen-bond donors (Lipinski definition) is 3. The van der Waals surface area contributed by atoms with Gasteiger partial charge in [0.15, 0.2) is 0 Å². The van der Waals surface area contributed by atoms with Crippen LogP contribution in [0.2, 0.25) is 0 Å². The van der Waals surface area contributed by atoms with E-state index in [1.54, 1.807) is 11.9 Å². The molecule has 2 saturated heterocycles. The van der Waals surface area contributed by atoms with Crippen molar-refractivity contribution < 1.29 is 19.4 Å². The number of hydrogen-bond acceptors (Lipinski definition) is 7. The number of urea groups is 1. The molecule has 0 atom stereocenters. The fraction of sp³-hybridized carbons (Fsp3) is 0.750. The van der Waals surface area contributed by atoms with E-state index in [2.05, 4.69) is 6.92 Å². The minimum Gasteiger partial charge on any atom is -0.494 e. The normalized spacial score (nSPS) is 31.7. The number of carbonyl (C=O) groups excluding carboxylic acids is 2. The van der Waals surface area contributed by atoms with Crippen LogP contribution < -0.4 is 17.0 Å². The van der Waals surface area contributed by atoms with Crippen molar-refractivity contribution >= 4 is 17.8 Å². The largest absolute Gasteiger partial charge is 0.494 e. The lowest BCUT2D eigenvalue weighted by molar-refractivity contribution is -0.159. The van der Waals surface area contributed by atoms with Crippen molar-refractivity contribution in [2.75, 3.05) is 26.8 Å². The first-order valence-electron chi connectivity index (χ1n) is 14.5. The summed E-state index contributed by atoms with van der Waals surface area (Å²) >= 11 is 0. The second-order valence-electron chi connectivity index (χ2n) is 13.5. The summed E-state index contributed by atoms with van der Waals surface area (Å²) in [7, 11) is 1.55. The molecule has 0 aromatic carbocycles. The van der Waals surface area contributed by atoms with Crippen LogP contribution in [0, 0.1) is 22.2 Å². The van der Waals surface area contributed by atoms with E-state index in [-0.39, 0.29) is 40.3 Å². The Balaban J connectivity index is 1.23. The standard InChI is InChI=1S/C28H40N6O6/c1-26(15-40-16-26)14-33-24(38)31(2)23(37)28(33)12-27(13-28)9-7-18(8-10-27)34-22(36)19(20(29)30)21(35)32(25(34)39)11-17-5-3-4-6-17/h17-18,35H,3-16H2,1-2H3,(H3,29,30). The van der Waals surface area contributed by atoms with Crippen molar-refractivity contribution in [3.63, 3.8) is 0 Å². The Morgan fingerprint density at radius 3 is 2.25 bits per heavy atom. The number of amides is 3. The molecule has 12 heteroatoms. The summed E-state index contributed by atoms with van der Waals surface area (Å²) in [5.41, 5.74) is 3.00. The molecule has 6 rings (SSSR count). The van der Waals surface area contributed by atoms with Crippen molar-refractivity contribution in [2.24, 2.45) is 22.5 Å². The lowest BCUT2D eigenvalue weighted by atomic mass is 9.51. The molecule has 12 nitrogen and oxygen atoms in total. The van der Waals surface area contributed by atoms with E-state index in [1.165, 1.54) is 14.0 Å². The molecule has 3 aliphatic carbocycles. The van der Waals surface area contributed by atoms with Crippen LogP contribution in [-0.2, 0) is 16.1 Å². The van der Waals surface area contributed by atoms with Gasteiger partial charge in [-0.3, -0.25) is 29.0 Å². The second kappa shape index (κ2) is 9.19. The van der Waals surface area contributed by atoms with Gasteiger partial charge in [-0.15, -0.1) is 0 Å². The van der Waals surface area contributed by atoms with Gasteiger partial charge >= 0.3 is 11.7 Å². The van der Waals surface area contributed by atoms with Crippen LogP contribution in [-0.4, -0.2) is 74.2 Å². The summed E-state index contributed by atoms with van der Waals surface area (Å²) in [6.45, 7) is 3.99. The van der Waals surface area contributed by atoms with Crippen LogP contribution in [0.15, 0.2) is 9.59 Å². The molecule has 2 aliphatic heterocycles. The Morgan fingerprint density at radius 1 is 1.07 bits per heavy atom. The smallest absolute Gasteiger partial charge is 0.334 e. The molecule has 0 bridgehead atoms. The molecule has 0 radical (unpaired) electrons. The molecular formula is C28H40N6O6. The van der Waals surface area contributed by atoms with Crippen molar-refractivity contribution in [3.8, 4) is 5.88 Å². The first kappa shape index (κ1) is 27.0. The number of nitrogens with zero attached hydrogens (tertiary/aromatic N) is 4. The number of rotatable bonds is 6. The average Bonchev–Trinajstić information content (AvgIpc) is 3.45. The number of ether oxygens (including phenoxy) is 1. The highest BCUT2D eigenvalue weighted by Gasteiger charge is 2.68. The maximum absolute atomic E-state index is 13.6. The van der Waals surface area contributed by atoms with Gasteiger partial charge in [0.05, 0.1) is 13.2 Å². The zero-order chi connectivity index (χ0) is 28.6. The number of nitrogens with two attached hydrogens (primary N) is 1. The van der Waals surface area contributed by atoms with Crippen molar-refractivity contribution in [1.82, 2.24) is 18.9 Å². The summed E-state index contributed by atoms with van der Waals surface area (Å²) in [5, 5.41) is 18.7. The Hall–Kier alpha value is -3.15. The second-order valence-corrected chi connectivity index (χ2v) is 13.5. The van der Waals surface area contributed by atoms with Crippen molar-refractivity contribution in [3.05, 3.63) is 26.4 Å². The van der Waals surface area contributed by atoms with E-state index in [4.69, 9.17) is 15.9 Å². The average molecular weight is 557 g/mol. The molecule has 218 valence electrons. The zero-order valence-electron chi connectivity index (χ0n) is 23.4. The van der Waals surface area contributed by atoms with Crippen molar-refractivity contribution in [2.45, 2.75) is 89.3 Å². The summed E-state index contributed by atoms with van der Waals surface area (Å²) in [6, 6.07) is -0.640. The fourth-order valence-corrected chi connectivity index (χ4v) is 8.21. The Labute approximate surface area is 232 Å². The summed E-state index contributed by atoms with van der Waals surface area (Å²) in [6.07, 6.45) is 7.73. The first-order valence-corrected chi connectivity index (χ1v) is 14.5. The van der Waals surface area contributed by atoms with Gasteiger partial charge in [-0.2, -0.15) is 0 Å². The van der Waals surface area contributed by atoms with Gasteiger partial charge in [0, 0.05) is 31.6 Å². The van der Waals surface area contributed by atoms with E-state index >= 15 is 0 Å². The van der Waals surface area contributed by atoms with Gasteiger partial charge < -0.3 is 20.5 Å². The highest BCUT2D eigenvalue weighted by Crippen LogP contribution is 2.62. The lowest BCUT2D eigenvalue weighted by Crippen LogP contribution is -2.66. The van der Waals surface area contributed by atoms with E-state index in [1.807, 2.05) is 0 Å².